The van der Waals surface area contributed by atoms with Crippen LogP contribution in [0.5, 0.6) is 0 Å². The van der Waals surface area contributed by atoms with Crippen molar-refractivity contribution in [2.75, 3.05) is 6.54 Å². The van der Waals surface area contributed by atoms with Gasteiger partial charge in [-0.05, 0) is 74.5 Å². The quantitative estimate of drug-likeness (QED) is 0.863. The topological polar surface area (TPSA) is 26.0 Å². The molecular weight excluding hydrogens is 230 g/mol. The summed E-state index contributed by atoms with van der Waals surface area (Å²) >= 11 is 0. The average Bonchev–Trinajstić information content (AvgIpc) is 2.33. The Morgan fingerprint density at radius 3 is 2.63 bits per heavy atom. The van der Waals surface area contributed by atoms with Gasteiger partial charge >= 0.3 is 0 Å². The molecule has 2 rings (SSSR count). The summed E-state index contributed by atoms with van der Waals surface area (Å²) in [6.45, 7) is 10.1. The van der Waals surface area contributed by atoms with Crippen molar-refractivity contribution in [3.63, 3.8) is 0 Å². The van der Waals surface area contributed by atoms with Crippen molar-refractivity contribution in [3.8, 4) is 0 Å². The van der Waals surface area contributed by atoms with Crippen molar-refractivity contribution < 1.29 is 0 Å². The lowest BCUT2D eigenvalue weighted by Gasteiger charge is -2.41. The van der Waals surface area contributed by atoms with Crippen molar-refractivity contribution in [2.45, 2.75) is 53.4 Å². The molecule has 2 atom stereocenters. The maximum atomic E-state index is 6.00. The summed E-state index contributed by atoms with van der Waals surface area (Å²) < 4.78 is 0. The number of rotatable bonds is 3. The van der Waals surface area contributed by atoms with Crippen LogP contribution < -0.4 is 5.73 Å². The molecule has 0 amide bonds. The van der Waals surface area contributed by atoms with Crippen LogP contribution in [0.3, 0.4) is 0 Å². The predicted octanol–water partition coefficient (Wildman–Crippen LogP) is 4.25. The molecule has 0 spiro atoms. The van der Waals surface area contributed by atoms with Gasteiger partial charge < -0.3 is 5.73 Å². The van der Waals surface area contributed by atoms with Crippen LogP contribution in [0.15, 0.2) is 18.2 Å². The van der Waals surface area contributed by atoms with Gasteiger partial charge in [-0.15, -0.1) is 0 Å². The van der Waals surface area contributed by atoms with Gasteiger partial charge in [-0.25, -0.2) is 0 Å². The van der Waals surface area contributed by atoms with Gasteiger partial charge in [0.1, 0.15) is 0 Å². The van der Waals surface area contributed by atoms with E-state index in [9.17, 15) is 0 Å². The van der Waals surface area contributed by atoms with Gasteiger partial charge in [0.15, 0.2) is 0 Å². The SMILES string of the molecule is Cc1ccc(C)c(CC2CC(C)(C)CCC2CN)c1. The molecule has 1 aromatic carbocycles. The fourth-order valence-corrected chi connectivity index (χ4v) is 3.64. The van der Waals surface area contributed by atoms with E-state index in [1.807, 2.05) is 0 Å². The van der Waals surface area contributed by atoms with Gasteiger partial charge in [-0.2, -0.15) is 0 Å². The highest BCUT2D eigenvalue weighted by atomic mass is 14.6. The maximum absolute atomic E-state index is 6.00. The molecule has 1 aliphatic carbocycles. The van der Waals surface area contributed by atoms with Crippen LogP contribution in [0.4, 0.5) is 0 Å². The standard InChI is InChI=1S/C18H29N/c1-13-5-6-14(2)16(9-13)10-17-11-18(3,4)8-7-15(17)12-19/h5-6,9,15,17H,7-8,10-12,19H2,1-4H3. The van der Waals surface area contributed by atoms with Crippen LogP contribution in [0.2, 0.25) is 0 Å². The first kappa shape index (κ1) is 14.6. The minimum atomic E-state index is 0.494. The van der Waals surface area contributed by atoms with E-state index in [1.165, 1.54) is 42.4 Å². The summed E-state index contributed by atoms with van der Waals surface area (Å²) in [6, 6.07) is 6.84. The third-order valence-electron chi connectivity index (χ3n) is 4.96. The molecular formula is C18H29N. The summed E-state index contributed by atoms with van der Waals surface area (Å²) in [5.41, 5.74) is 10.8. The van der Waals surface area contributed by atoms with Crippen LogP contribution in [-0.4, -0.2) is 6.54 Å². The van der Waals surface area contributed by atoms with Crippen molar-refractivity contribution >= 4 is 0 Å². The fraction of sp³-hybridized carbons (Fsp3) is 0.667. The number of hydrogen-bond acceptors (Lipinski definition) is 1. The lowest BCUT2D eigenvalue weighted by molar-refractivity contribution is 0.121. The number of aryl methyl sites for hydroxylation is 2. The zero-order valence-electron chi connectivity index (χ0n) is 13.0. The summed E-state index contributed by atoms with van der Waals surface area (Å²) in [6.07, 6.45) is 5.16. The Morgan fingerprint density at radius 2 is 1.95 bits per heavy atom. The van der Waals surface area contributed by atoms with E-state index in [4.69, 9.17) is 5.73 Å². The number of hydrogen-bond donors (Lipinski definition) is 1. The Labute approximate surface area is 118 Å². The highest BCUT2D eigenvalue weighted by molar-refractivity contribution is 5.31. The van der Waals surface area contributed by atoms with Crippen LogP contribution >= 0.6 is 0 Å². The largest absolute Gasteiger partial charge is 0.330 e. The Bertz CT molecular complexity index is 433. The van der Waals surface area contributed by atoms with E-state index < -0.39 is 0 Å². The normalized spacial score (nSPS) is 26.4. The molecule has 0 aliphatic heterocycles. The van der Waals surface area contributed by atoms with Crippen LogP contribution in [0.25, 0.3) is 0 Å². The molecule has 1 aromatic rings. The molecule has 2 N–H and O–H groups in total. The first-order valence-corrected chi connectivity index (χ1v) is 7.67. The Balaban J connectivity index is 2.16. The van der Waals surface area contributed by atoms with E-state index in [0.29, 0.717) is 11.3 Å². The van der Waals surface area contributed by atoms with E-state index in [0.717, 1.165) is 12.5 Å². The first-order chi connectivity index (χ1) is 8.91. The molecule has 1 fully saturated rings. The molecule has 2 unspecified atom stereocenters. The average molecular weight is 259 g/mol. The molecule has 0 aromatic heterocycles. The predicted molar refractivity (Wildman–Crippen MR) is 83.3 cm³/mol. The smallest absolute Gasteiger partial charge is 0.00461 e. The molecule has 1 nitrogen and oxygen atoms in total. The van der Waals surface area contributed by atoms with E-state index in [-0.39, 0.29) is 0 Å². The molecule has 1 aliphatic rings. The van der Waals surface area contributed by atoms with Crippen LogP contribution in [0, 0.1) is 31.1 Å². The Hall–Kier alpha value is -0.820. The van der Waals surface area contributed by atoms with Gasteiger partial charge in [0.05, 0.1) is 0 Å². The first-order valence-electron chi connectivity index (χ1n) is 7.67. The van der Waals surface area contributed by atoms with Crippen LogP contribution in [0.1, 0.15) is 49.8 Å². The fourth-order valence-electron chi connectivity index (χ4n) is 3.64. The van der Waals surface area contributed by atoms with E-state index >= 15 is 0 Å². The van der Waals surface area contributed by atoms with Crippen molar-refractivity contribution in [1.29, 1.82) is 0 Å². The molecule has 0 bridgehead atoms. The zero-order valence-corrected chi connectivity index (χ0v) is 13.0. The number of benzene rings is 1. The monoisotopic (exact) mass is 259 g/mol. The summed E-state index contributed by atoms with van der Waals surface area (Å²) in [7, 11) is 0. The molecule has 1 heteroatoms. The lowest BCUT2D eigenvalue weighted by atomic mass is 9.65. The third kappa shape index (κ3) is 3.60. The molecule has 0 radical (unpaired) electrons. The second kappa shape index (κ2) is 5.66. The Kier molecular flexibility index (Phi) is 4.35. The number of nitrogens with two attached hydrogens (primary N) is 1. The molecule has 1 saturated carbocycles. The van der Waals surface area contributed by atoms with Gasteiger partial charge in [-0.1, -0.05) is 37.6 Å². The van der Waals surface area contributed by atoms with Crippen LogP contribution in [-0.2, 0) is 6.42 Å². The molecule has 0 saturated heterocycles. The van der Waals surface area contributed by atoms with Gasteiger partial charge in [0.25, 0.3) is 0 Å². The van der Waals surface area contributed by atoms with E-state index in [2.05, 4.69) is 45.9 Å². The van der Waals surface area contributed by atoms with Gasteiger partial charge in [-0.3, -0.25) is 0 Å². The van der Waals surface area contributed by atoms with Gasteiger partial charge in [0, 0.05) is 0 Å². The molecule has 0 heterocycles. The van der Waals surface area contributed by atoms with Gasteiger partial charge in [0.2, 0.25) is 0 Å². The second-order valence-electron chi connectivity index (χ2n) is 7.30. The zero-order chi connectivity index (χ0) is 14.0. The third-order valence-corrected chi connectivity index (χ3v) is 4.96. The summed E-state index contributed by atoms with van der Waals surface area (Å²) in [5.74, 6) is 1.47. The maximum Gasteiger partial charge on any atom is -0.00461 e. The highest BCUT2D eigenvalue weighted by Crippen LogP contribution is 2.43. The van der Waals surface area contributed by atoms with Crippen molar-refractivity contribution in [1.82, 2.24) is 0 Å². The second-order valence-corrected chi connectivity index (χ2v) is 7.30. The molecule has 19 heavy (non-hydrogen) atoms. The van der Waals surface area contributed by atoms with Crippen molar-refractivity contribution in [3.05, 3.63) is 34.9 Å². The minimum Gasteiger partial charge on any atom is -0.330 e. The lowest BCUT2D eigenvalue weighted by Crippen LogP contribution is -2.35. The minimum absolute atomic E-state index is 0.494. The summed E-state index contributed by atoms with van der Waals surface area (Å²) in [5, 5.41) is 0. The Morgan fingerprint density at radius 1 is 1.21 bits per heavy atom. The molecule has 106 valence electrons. The van der Waals surface area contributed by atoms with E-state index in [1.54, 1.807) is 0 Å². The summed E-state index contributed by atoms with van der Waals surface area (Å²) in [4.78, 5) is 0. The highest BCUT2D eigenvalue weighted by Gasteiger charge is 2.34. The van der Waals surface area contributed by atoms with Crippen molar-refractivity contribution in [2.24, 2.45) is 23.0 Å².